The molecule has 0 aliphatic rings. The van der Waals surface area contributed by atoms with Crippen LogP contribution in [0.5, 0.6) is 0 Å². The molecule has 0 saturated carbocycles. The number of benzene rings is 1. The minimum atomic E-state index is -1.32. The van der Waals surface area contributed by atoms with Gasteiger partial charge in [-0.15, -0.1) is 5.10 Å². The summed E-state index contributed by atoms with van der Waals surface area (Å²) in [7, 11) is 0. The SMILES string of the molecule is Nc1nc2cc(-c3ccc(Cl)c(C(=O)[O-])c3)ccn2n1.[Li+]. The minimum Gasteiger partial charge on any atom is -0.545 e. The molecule has 0 aliphatic heterocycles. The van der Waals surface area contributed by atoms with Crippen LogP contribution in [0.3, 0.4) is 0 Å². The Morgan fingerprint density at radius 3 is 2.67 bits per heavy atom. The fourth-order valence-electron chi connectivity index (χ4n) is 1.94. The average molecular weight is 295 g/mol. The number of carbonyl (C=O) groups is 1. The second-order valence-corrected chi connectivity index (χ2v) is 4.58. The van der Waals surface area contributed by atoms with E-state index in [1.165, 1.54) is 16.6 Å². The molecule has 0 spiro atoms. The van der Waals surface area contributed by atoms with Crippen molar-refractivity contribution in [3.05, 3.63) is 47.1 Å². The molecule has 3 rings (SSSR count). The van der Waals surface area contributed by atoms with E-state index in [1.54, 1.807) is 24.4 Å². The van der Waals surface area contributed by atoms with Gasteiger partial charge in [-0.25, -0.2) is 4.52 Å². The number of carboxylic acid groups (broad SMARTS) is 1. The molecule has 0 aliphatic carbocycles. The summed E-state index contributed by atoms with van der Waals surface area (Å²) in [5.41, 5.74) is 7.51. The molecule has 2 aromatic heterocycles. The number of nitrogens with zero attached hydrogens (tertiary/aromatic N) is 3. The molecule has 0 amide bonds. The van der Waals surface area contributed by atoms with Crippen LogP contribution in [0.25, 0.3) is 16.8 Å². The van der Waals surface area contributed by atoms with E-state index in [2.05, 4.69) is 10.1 Å². The van der Waals surface area contributed by atoms with Crippen molar-refractivity contribution < 1.29 is 28.8 Å². The molecule has 6 nitrogen and oxygen atoms in total. The van der Waals surface area contributed by atoms with Crippen molar-refractivity contribution in [3.8, 4) is 11.1 Å². The van der Waals surface area contributed by atoms with Gasteiger partial charge in [-0.1, -0.05) is 17.7 Å². The Balaban J connectivity index is 0.00000161. The van der Waals surface area contributed by atoms with Crippen molar-refractivity contribution in [2.45, 2.75) is 0 Å². The number of aromatic carboxylic acids is 1. The van der Waals surface area contributed by atoms with Crippen molar-refractivity contribution in [2.24, 2.45) is 0 Å². The maximum atomic E-state index is 11.0. The Bertz CT molecular complexity index is 834. The van der Waals surface area contributed by atoms with E-state index >= 15 is 0 Å². The second kappa shape index (κ2) is 5.78. The Labute approximate surface area is 136 Å². The summed E-state index contributed by atoms with van der Waals surface area (Å²) in [5, 5.41) is 15.1. The normalized spacial score (nSPS) is 10.3. The summed E-state index contributed by atoms with van der Waals surface area (Å²) in [6.07, 6.45) is 1.70. The summed E-state index contributed by atoms with van der Waals surface area (Å²) in [5.74, 6) is -1.14. The van der Waals surface area contributed by atoms with E-state index in [4.69, 9.17) is 17.3 Å². The van der Waals surface area contributed by atoms with Crippen LogP contribution in [0.4, 0.5) is 5.95 Å². The van der Waals surface area contributed by atoms with Crippen LogP contribution in [0.15, 0.2) is 36.5 Å². The van der Waals surface area contributed by atoms with E-state index < -0.39 is 5.97 Å². The van der Waals surface area contributed by atoms with Crippen LogP contribution < -0.4 is 29.7 Å². The zero-order valence-electron chi connectivity index (χ0n) is 11.1. The van der Waals surface area contributed by atoms with Gasteiger partial charge >= 0.3 is 18.9 Å². The van der Waals surface area contributed by atoms with Gasteiger partial charge in [0.2, 0.25) is 5.95 Å². The molecule has 0 saturated heterocycles. The number of carbonyl (C=O) groups excluding carboxylic acids is 1. The molecular weight excluding hydrogens is 287 g/mol. The van der Waals surface area contributed by atoms with E-state index in [-0.39, 0.29) is 35.4 Å². The van der Waals surface area contributed by atoms with Crippen molar-refractivity contribution in [1.82, 2.24) is 14.6 Å². The average Bonchev–Trinajstić information content (AvgIpc) is 2.78. The number of anilines is 1. The van der Waals surface area contributed by atoms with Gasteiger partial charge in [0.05, 0.1) is 5.97 Å². The van der Waals surface area contributed by atoms with Crippen molar-refractivity contribution in [1.29, 1.82) is 0 Å². The Morgan fingerprint density at radius 1 is 1.24 bits per heavy atom. The number of nitrogens with two attached hydrogens (primary N) is 1. The summed E-state index contributed by atoms with van der Waals surface area (Å²) >= 11 is 5.81. The molecule has 3 aromatic rings. The molecule has 1 aromatic carbocycles. The first-order valence-corrected chi connectivity index (χ1v) is 6.05. The first-order valence-electron chi connectivity index (χ1n) is 5.68. The second-order valence-electron chi connectivity index (χ2n) is 4.17. The quantitative estimate of drug-likeness (QED) is 0.552. The smallest absolute Gasteiger partial charge is 0.545 e. The van der Waals surface area contributed by atoms with E-state index in [1.807, 2.05) is 0 Å². The topological polar surface area (TPSA) is 96.3 Å². The van der Waals surface area contributed by atoms with Crippen LogP contribution in [-0.4, -0.2) is 20.6 Å². The number of halogens is 1. The third kappa shape index (κ3) is 2.88. The summed E-state index contributed by atoms with van der Waals surface area (Å²) in [6, 6.07) is 8.24. The van der Waals surface area contributed by atoms with Crippen molar-refractivity contribution in [2.75, 3.05) is 5.73 Å². The van der Waals surface area contributed by atoms with Crippen molar-refractivity contribution >= 4 is 29.2 Å². The van der Waals surface area contributed by atoms with Crippen LogP contribution in [0.2, 0.25) is 5.02 Å². The maximum absolute atomic E-state index is 11.0. The predicted molar refractivity (Wildman–Crippen MR) is 72.2 cm³/mol. The standard InChI is InChI=1S/C13H9ClN4O2.Li/c14-10-2-1-7(5-9(10)12(19)20)8-3-4-18-11(6-8)16-13(15)17-18;/h1-6H,(H2,15,17)(H,19,20);/q;+1/p-1. The van der Waals surface area contributed by atoms with Crippen molar-refractivity contribution in [3.63, 3.8) is 0 Å². The molecule has 2 heterocycles. The van der Waals surface area contributed by atoms with Crippen LogP contribution >= 0.6 is 11.6 Å². The third-order valence-electron chi connectivity index (χ3n) is 2.87. The zero-order valence-corrected chi connectivity index (χ0v) is 11.8. The van der Waals surface area contributed by atoms with Gasteiger partial charge < -0.3 is 15.6 Å². The molecule has 0 unspecified atom stereocenters. The Kier molecular flexibility index (Phi) is 4.23. The van der Waals surface area contributed by atoms with Crippen LogP contribution in [0, 0.1) is 0 Å². The Morgan fingerprint density at radius 2 is 1.95 bits per heavy atom. The molecule has 0 atom stereocenters. The molecule has 8 heteroatoms. The summed E-state index contributed by atoms with van der Waals surface area (Å²) < 4.78 is 1.54. The number of nitrogen functional groups attached to an aromatic ring is 1. The van der Waals surface area contributed by atoms with Gasteiger partial charge in [-0.05, 0) is 35.4 Å². The van der Waals surface area contributed by atoms with E-state index in [0.717, 1.165) is 5.56 Å². The monoisotopic (exact) mass is 294 g/mol. The zero-order chi connectivity index (χ0) is 14.3. The maximum Gasteiger partial charge on any atom is 1.00 e. The van der Waals surface area contributed by atoms with Crippen LogP contribution in [-0.2, 0) is 0 Å². The molecule has 100 valence electrons. The van der Waals surface area contributed by atoms with Gasteiger partial charge in [0, 0.05) is 16.8 Å². The van der Waals surface area contributed by atoms with E-state index in [9.17, 15) is 9.90 Å². The predicted octanol–water partition coefficient (Wildman–Crippen LogP) is -2.00. The van der Waals surface area contributed by atoms with Gasteiger partial charge in [-0.3, -0.25) is 0 Å². The largest absolute Gasteiger partial charge is 1.00 e. The number of hydrogen-bond donors (Lipinski definition) is 1. The summed E-state index contributed by atoms with van der Waals surface area (Å²) in [4.78, 5) is 15.0. The summed E-state index contributed by atoms with van der Waals surface area (Å²) in [6.45, 7) is 0. The minimum absolute atomic E-state index is 0. The fraction of sp³-hybridized carbons (Fsp3) is 0. The number of aromatic nitrogens is 3. The number of pyridine rings is 1. The van der Waals surface area contributed by atoms with E-state index in [0.29, 0.717) is 11.2 Å². The number of carboxylic acids is 1. The van der Waals surface area contributed by atoms with Crippen LogP contribution in [0.1, 0.15) is 10.4 Å². The molecule has 0 radical (unpaired) electrons. The van der Waals surface area contributed by atoms with Gasteiger partial charge in [-0.2, -0.15) is 4.98 Å². The van der Waals surface area contributed by atoms with Gasteiger partial charge in [0.25, 0.3) is 0 Å². The number of fused-ring (bicyclic) bond motifs is 1. The fourth-order valence-corrected chi connectivity index (χ4v) is 2.13. The van der Waals surface area contributed by atoms with Gasteiger partial charge in [0.1, 0.15) is 0 Å². The molecular formula is C13H8ClLiN4O2. The first-order chi connectivity index (χ1) is 9.54. The first kappa shape index (κ1) is 15.4. The number of hydrogen-bond acceptors (Lipinski definition) is 5. The molecule has 0 fully saturated rings. The molecule has 0 bridgehead atoms. The number of rotatable bonds is 2. The van der Waals surface area contributed by atoms with Gasteiger partial charge in [0.15, 0.2) is 5.65 Å². The third-order valence-corrected chi connectivity index (χ3v) is 3.20. The molecule has 2 N–H and O–H groups in total. The molecule has 21 heavy (non-hydrogen) atoms. The Hall–Kier alpha value is -2.00.